The van der Waals surface area contributed by atoms with E-state index in [4.69, 9.17) is 11.6 Å². The molecule has 0 spiro atoms. The van der Waals surface area contributed by atoms with Crippen molar-refractivity contribution in [2.45, 2.75) is 26.3 Å². The van der Waals surface area contributed by atoms with Crippen molar-refractivity contribution in [3.63, 3.8) is 0 Å². The molecule has 24 heavy (non-hydrogen) atoms. The zero-order valence-corrected chi connectivity index (χ0v) is 14.8. The van der Waals surface area contributed by atoms with Gasteiger partial charge in [-0.25, -0.2) is 12.8 Å². The lowest BCUT2D eigenvalue weighted by molar-refractivity contribution is -0.138. The predicted octanol–water partition coefficient (Wildman–Crippen LogP) is 1.75. The average Bonchev–Trinajstić information content (AvgIpc) is 2.81. The SMILES string of the molecule is CC(C)(C(=O)Nc1ccc(F)c(Cl)c1)C(=O)NC1CCS(=O)(=O)C1. The molecule has 1 aliphatic heterocycles. The molecule has 1 aliphatic rings. The van der Waals surface area contributed by atoms with Crippen molar-refractivity contribution in [3.05, 3.63) is 29.0 Å². The third-order valence-corrected chi connectivity index (χ3v) is 5.94. The van der Waals surface area contributed by atoms with Crippen LogP contribution in [0.4, 0.5) is 10.1 Å². The predicted molar refractivity (Wildman–Crippen MR) is 89.0 cm³/mol. The molecule has 9 heteroatoms. The summed E-state index contributed by atoms with van der Waals surface area (Å²) in [5.41, 5.74) is -1.18. The molecule has 0 aliphatic carbocycles. The summed E-state index contributed by atoms with van der Waals surface area (Å²) in [5.74, 6) is -1.89. The maximum atomic E-state index is 13.1. The molecule has 1 aromatic carbocycles. The van der Waals surface area contributed by atoms with Crippen LogP contribution in [0.25, 0.3) is 0 Å². The van der Waals surface area contributed by atoms with Crippen molar-refractivity contribution in [2.24, 2.45) is 5.41 Å². The van der Waals surface area contributed by atoms with Gasteiger partial charge in [0, 0.05) is 11.7 Å². The van der Waals surface area contributed by atoms with Crippen molar-refractivity contribution >= 4 is 38.9 Å². The van der Waals surface area contributed by atoms with E-state index in [1.165, 1.54) is 26.0 Å². The molecule has 1 aromatic rings. The summed E-state index contributed by atoms with van der Waals surface area (Å²) >= 11 is 5.65. The van der Waals surface area contributed by atoms with Gasteiger partial charge >= 0.3 is 0 Å². The lowest BCUT2D eigenvalue weighted by atomic mass is 9.90. The van der Waals surface area contributed by atoms with Gasteiger partial charge in [0.15, 0.2) is 9.84 Å². The number of nitrogens with one attached hydrogen (secondary N) is 2. The number of rotatable bonds is 4. The topological polar surface area (TPSA) is 92.3 Å². The van der Waals surface area contributed by atoms with E-state index in [1.807, 2.05) is 0 Å². The Morgan fingerprint density at radius 3 is 2.50 bits per heavy atom. The Hall–Kier alpha value is -1.67. The minimum atomic E-state index is -3.13. The molecule has 0 bridgehead atoms. The molecule has 1 saturated heterocycles. The number of hydrogen-bond acceptors (Lipinski definition) is 4. The molecule has 0 saturated carbocycles. The Morgan fingerprint density at radius 1 is 1.29 bits per heavy atom. The fraction of sp³-hybridized carbons (Fsp3) is 0.467. The summed E-state index contributed by atoms with van der Waals surface area (Å²) in [4.78, 5) is 24.7. The number of carbonyl (C=O) groups is 2. The monoisotopic (exact) mass is 376 g/mol. The normalized spacial score (nSPS) is 19.8. The molecule has 1 atom stereocenters. The fourth-order valence-corrected chi connectivity index (χ4v) is 4.09. The van der Waals surface area contributed by atoms with E-state index in [1.54, 1.807) is 0 Å². The molecule has 6 nitrogen and oxygen atoms in total. The number of benzene rings is 1. The van der Waals surface area contributed by atoms with Crippen molar-refractivity contribution in [1.82, 2.24) is 5.32 Å². The Kier molecular flexibility index (Phi) is 5.19. The molecule has 1 heterocycles. The highest BCUT2D eigenvalue weighted by molar-refractivity contribution is 7.91. The number of amides is 2. The van der Waals surface area contributed by atoms with Gasteiger partial charge < -0.3 is 10.6 Å². The molecule has 2 rings (SSSR count). The van der Waals surface area contributed by atoms with Gasteiger partial charge in [-0.3, -0.25) is 9.59 Å². The zero-order chi connectivity index (χ0) is 18.1. The van der Waals surface area contributed by atoms with Crippen LogP contribution >= 0.6 is 11.6 Å². The van der Waals surface area contributed by atoms with Crippen molar-refractivity contribution in [2.75, 3.05) is 16.8 Å². The highest BCUT2D eigenvalue weighted by Crippen LogP contribution is 2.23. The van der Waals surface area contributed by atoms with Crippen LogP contribution in [-0.4, -0.2) is 37.8 Å². The van der Waals surface area contributed by atoms with Crippen LogP contribution in [0.1, 0.15) is 20.3 Å². The highest BCUT2D eigenvalue weighted by Gasteiger charge is 2.39. The molecule has 132 valence electrons. The number of halogens is 2. The van der Waals surface area contributed by atoms with E-state index < -0.39 is 38.9 Å². The van der Waals surface area contributed by atoms with E-state index in [0.29, 0.717) is 6.42 Å². The minimum absolute atomic E-state index is 0.0264. The fourth-order valence-electron chi connectivity index (χ4n) is 2.24. The average molecular weight is 377 g/mol. The first-order valence-electron chi connectivity index (χ1n) is 7.29. The van der Waals surface area contributed by atoms with Crippen LogP contribution in [0.15, 0.2) is 18.2 Å². The van der Waals surface area contributed by atoms with Crippen molar-refractivity contribution in [1.29, 1.82) is 0 Å². The second-order valence-electron chi connectivity index (χ2n) is 6.28. The van der Waals surface area contributed by atoms with Crippen LogP contribution in [-0.2, 0) is 19.4 Å². The van der Waals surface area contributed by atoms with Crippen LogP contribution in [0.5, 0.6) is 0 Å². The number of hydrogen-bond donors (Lipinski definition) is 2. The lowest BCUT2D eigenvalue weighted by Crippen LogP contribution is -2.48. The molecular formula is C15H18ClFN2O4S. The van der Waals surface area contributed by atoms with Gasteiger partial charge in [-0.15, -0.1) is 0 Å². The lowest BCUT2D eigenvalue weighted by Gasteiger charge is -2.24. The Balaban J connectivity index is 2.03. The van der Waals surface area contributed by atoms with E-state index >= 15 is 0 Å². The quantitative estimate of drug-likeness (QED) is 0.783. The third-order valence-electron chi connectivity index (χ3n) is 3.88. The summed E-state index contributed by atoms with van der Waals surface area (Å²) in [6.45, 7) is 2.85. The van der Waals surface area contributed by atoms with E-state index in [9.17, 15) is 22.4 Å². The summed E-state index contributed by atoms with van der Waals surface area (Å²) in [7, 11) is -3.13. The van der Waals surface area contributed by atoms with Gasteiger partial charge in [-0.2, -0.15) is 0 Å². The third kappa shape index (κ3) is 4.24. The number of carbonyl (C=O) groups excluding carboxylic acids is 2. The Bertz CT molecular complexity index is 780. The second kappa shape index (κ2) is 6.68. The highest BCUT2D eigenvalue weighted by atomic mass is 35.5. The van der Waals surface area contributed by atoms with E-state index in [-0.39, 0.29) is 22.2 Å². The summed E-state index contributed by atoms with van der Waals surface area (Å²) in [5, 5.41) is 4.95. The second-order valence-corrected chi connectivity index (χ2v) is 8.92. The molecule has 1 unspecified atom stereocenters. The van der Waals surface area contributed by atoms with Crippen LogP contribution in [0.2, 0.25) is 5.02 Å². The molecule has 1 fully saturated rings. The zero-order valence-electron chi connectivity index (χ0n) is 13.2. The smallest absolute Gasteiger partial charge is 0.239 e. The largest absolute Gasteiger partial charge is 0.351 e. The maximum Gasteiger partial charge on any atom is 0.239 e. The standard InChI is InChI=1S/C15H18ClFN2O4S/c1-15(2,14(21)19-10-5-6-24(22,23)8-10)13(20)18-9-3-4-12(17)11(16)7-9/h3-4,7,10H,5-6,8H2,1-2H3,(H,18,20)(H,19,21). The summed E-state index contributed by atoms with van der Waals surface area (Å²) < 4.78 is 36.0. The molecule has 0 aromatic heterocycles. The summed E-state index contributed by atoms with van der Waals surface area (Å²) in [6.07, 6.45) is 0.333. The van der Waals surface area contributed by atoms with Crippen molar-refractivity contribution < 1.29 is 22.4 Å². The molecule has 2 N–H and O–H groups in total. The van der Waals surface area contributed by atoms with Gasteiger partial charge in [0.1, 0.15) is 11.2 Å². The van der Waals surface area contributed by atoms with E-state index in [2.05, 4.69) is 10.6 Å². The Morgan fingerprint density at radius 2 is 1.96 bits per heavy atom. The van der Waals surface area contributed by atoms with E-state index in [0.717, 1.165) is 6.07 Å². The van der Waals surface area contributed by atoms with Gasteiger partial charge in [-0.05, 0) is 38.5 Å². The number of anilines is 1. The van der Waals surface area contributed by atoms with Crippen LogP contribution in [0, 0.1) is 11.2 Å². The first kappa shape index (κ1) is 18.7. The first-order valence-corrected chi connectivity index (χ1v) is 9.49. The van der Waals surface area contributed by atoms with Crippen LogP contribution < -0.4 is 10.6 Å². The van der Waals surface area contributed by atoms with Crippen molar-refractivity contribution in [3.8, 4) is 0 Å². The van der Waals surface area contributed by atoms with Gasteiger partial charge in [0.05, 0.1) is 16.5 Å². The van der Waals surface area contributed by atoms with Gasteiger partial charge in [-0.1, -0.05) is 11.6 Å². The minimum Gasteiger partial charge on any atom is -0.351 e. The maximum absolute atomic E-state index is 13.1. The number of sulfone groups is 1. The molecule has 2 amide bonds. The molecular weight excluding hydrogens is 359 g/mol. The van der Waals surface area contributed by atoms with Crippen LogP contribution in [0.3, 0.4) is 0 Å². The first-order chi connectivity index (χ1) is 11.0. The van der Waals surface area contributed by atoms with Gasteiger partial charge in [0.25, 0.3) is 0 Å². The van der Waals surface area contributed by atoms with Gasteiger partial charge in [0.2, 0.25) is 11.8 Å². The molecule has 0 radical (unpaired) electrons. The summed E-state index contributed by atoms with van der Waals surface area (Å²) in [6, 6.07) is 3.19. The Labute approximate surface area is 144 Å².